The van der Waals surface area contributed by atoms with Crippen molar-refractivity contribution in [2.45, 2.75) is 64.6 Å². The minimum atomic E-state index is 0.731. The van der Waals surface area contributed by atoms with E-state index in [0.29, 0.717) is 0 Å². The molecule has 15 heavy (non-hydrogen) atoms. The topological polar surface area (TPSA) is 15.3 Å². The van der Waals surface area contributed by atoms with Crippen molar-refractivity contribution < 1.29 is 0 Å². The third-order valence-electron chi connectivity index (χ3n) is 4.43. The molecule has 2 aliphatic rings. The smallest absolute Gasteiger partial charge is 0.0196 e. The van der Waals surface area contributed by atoms with Crippen molar-refractivity contribution >= 4 is 0 Å². The monoisotopic (exact) mass is 210 g/mol. The quantitative estimate of drug-likeness (QED) is 0.752. The van der Waals surface area contributed by atoms with E-state index in [1.165, 1.54) is 38.8 Å². The summed E-state index contributed by atoms with van der Waals surface area (Å²) in [5.41, 5.74) is 0. The summed E-state index contributed by atoms with van der Waals surface area (Å²) in [4.78, 5) is 2.78. The van der Waals surface area contributed by atoms with E-state index < -0.39 is 0 Å². The number of nitrogens with one attached hydrogen (secondary N) is 1. The fraction of sp³-hybridized carbons (Fsp3) is 1.00. The van der Waals surface area contributed by atoms with Crippen LogP contribution in [0.4, 0.5) is 0 Å². The second-order valence-electron chi connectivity index (χ2n) is 5.53. The fourth-order valence-corrected chi connectivity index (χ4v) is 3.31. The van der Waals surface area contributed by atoms with E-state index in [-0.39, 0.29) is 0 Å². The first-order valence-corrected chi connectivity index (χ1v) is 6.71. The molecule has 1 aliphatic heterocycles. The lowest BCUT2D eigenvalue weighted by Crippen LogP contribution is -2.58. The van der Waals surface area contributed by atoms with Gasteiger partial charge in [-0.25, -0.2) is 0 Å². The van der Waals surface area contributed by atoms with Gasteiger partial charge < -0.3 is 5.32 Å². The first kappa shape index (κ1) is 11.4. The molecule has 2 heteroatoms. The highest BCUT2D eigenvalue weighted by Crippen LogP contribution is 2.31. The van der Waals surface area contributed by atoms with Gasteiger partial charge in [-0.3, -0.25) is 4.90 Å². The number of piperazine rings is 1. The standard InChI is InChI=1S/C13H26N2/c1-4-12-9-15(11(3)8-14-12)13-7-5-6-10(13)2/h10-14H,4-9H2,1-3H3. The maximum absolute atomic E-state index is 3.65. The highest BCUT2D eigenvalue weighted by molar-refractivity contribution is 4.91. The van der Waals surface area contributed by atoms with E-state index in [0.717, 1.165) is 24.0 Å². The number of hydrogen-bond donors (Lipinski definition) is 1. The van der Waals surface area contributed by atoms with Crippen LogP contribution in [0.2, 0.25) is 0 Å². The molecule has 4 atom stereocenters. The molecule has 0 radical (unpaired) electrons. The van der Waals surface area contributed by atoms with Gasteiger partial charge in [-0.15, -0.1) is 0 Å². The Balaban J connectivity index is 1.98. The third kappa shape index (κ3) is 2.36. The van der Waals surface area contributed by atoms with Crippen LogP contribution in [-0.4, -0.2) is 36.1 Å². The van der Waals surface area contributed by atoms with Crippen molar-refractivity contribution in [3.8, 4) is 0 Å². The Kier molecular flexibility index (Phi) is 3.68. The zero-order valence-electron chi connectivity index (χ0n) is 10.5. The second-order valence-corrected chi connectivity index (χ2v) is 5.53. The van der Waals surface area contributed by atoms with Crippen LogP contribution in [0.25, 0.3) is 0 Å². The zero-order valence-corrected chi connectivity index (χ0v) is 10.5. The van der Waals surface area contributed by atoms with Gasteiger partial charge >= 0.3 is 0 Å². The lowest BCUT2D eigenvalue weighted by atomic mass is 9.99. The lowest BCUT2D eigenvalue weighted by molar-refractivity contribution is 0.0733. The molecule has 1 aliphatic carbocycles. The van der Waals surface area contributed by atoms with Gasteiger partial charge in [-0.05, 0) is 32.1 Å². The summed E-state index contributed by atoms with van der Waals surface area (Å²) in [7, 11) is 0. The van der Waals surface area contributed by atoms with Crippen molar-refractivity contribution in [2.75, 3.05) is 13.1 Å². The molecular weight excluding hydrogens is 184 g/mol. The molecule has 88 valence electrons. The molecule has 2 rings (SSSR count). The van der Waals surface area contributed by atoms with E-state index in [1.807, 2.05) is 0 Å². The highest BCUT2D eigenvalue weighted by atomic mass is 15.3. The Bertz CT molecular complexity index is 205. The zero-order chi connectivity index (χ0) is 10.8. The molecule has 2 nitrogen and oxygen atoms in total. The van der Waals surface area contributed by atoms with E-state index in [9.17, 15) is 0 Å². The van der Waals surface area contributed by atoms with Gasteiger partial charge in [0.25, 0.3) is 0 Å². The van der Waals surface area contributed by atoms with Crippen LogP contribution in [0, 0.1) is 5.92 Å². The molecule has 0 amide bonds. The summed E-state index contributed by atoms with van der Waals surface area (Å²) >= 11 is 0. The molecule has 0 spiro atoms. The number of rotatable bonds is 2. The van der Waals surface area contributed by atoms with Gasteiger partial charge in [0.05, 0.1) is 0 Å². The molecule has 0 aromatic carbocycles. The summed E-state index contributed by atoms with van der Waals surface area (Å²) in [6, 6.07) is 2.34. The first-order chi connectivity index (χ1) is 7.22. The number of hydrogen-bond acceptors (Lipinski definition) is 2. The lowest BCUT2D eigenvalue weighted by Gasteiger charge is -2.43. The minimum absolute atomic E-state index is 0.731. The summed E-state index contributed by atoms with van der Waals surface area (Å²) in [6.45, 7) is 9.57. The van der Waals surface area contributed by atoms with Gasteiger partial charge in [0, 0.05) is 31.2 Å². The van der Waals surface area contributed by atoms with E-state index in [2.05, 4.69) is 31.0 Å². The predicted octanol–water partition coefficient (Wildman–Crippen LogP) is 2.25. The molecule has 1 heterocycles. The van der Waals surface area contributed by atoms with Gasteiger partial charge in [0.1, 0.15) is 0 Å². The van der Waals surface area contributed by atoms with Crippen molar-refractivity contribution in [1.82, 2.24) is 10.2 Å². The molecule has 2 fully saturated rings. The largest absolute Gasteiger partial charge is 0.311 e. The van der Waals surface area contributed by atoms with Gasteiger partial charge in [0.15, 0.2) is 0 Å². The molecule has 1 saturated heterocycles. The minimum Gasteiger partial charge on any atom is -0.311 e. The van der Waals surface area contributed by atoms with Crippen LogP contribution >= 0.6 is 0 Å². The molecule has 1 saturated carbocycles. The Morgan fingerprint density at radius 2 is 2.07 bits per heavy atom. The van der Waals surface area contributed by atoms with E-state index >= 15 is 0 Å². The normalized spacial score (nSPS) is 43.4. The highest BCUT2D eigenvalue weighted by Gasteiger charge is 2.34. The average Bonchev–Trinajstić information content (AvgIpc) is 2.65. The predicted molar refractivity (Wildman–Crippen MR) is 65.1 cm³/mol. The Hall–Kier alpha value is -0.0800. The summed E-state index contributed by atoms with van der Waals surface area (Å²) in [5.74, 6) is 0.919. The Morgan fingerprint density at radius 3 is 2.67 bits per heavy atom. The molecule has 1 N–H and O–H groups in total. The molecule has 0 bridgehead atoms. The van der Waals surface area contributed by atoms with Crippen LogP contribution in [0.5, 0.6) is 0 Å². The van der Waals surface area contributed by atoms with Crippen LogP contribution < -0.4 is 5.32 Å². The van der Waals surface area contributed by atoms with Crippen molar-refractivity contribution in [2.24, 2.45) is 5.92 Å². The molecule has 0 aromatic rings. The Morgan fingerprint density at radius 1 is 1.27 bits per heavy atom. The fourth-order valence-electron chi connectivity index (χ4n) is 3.31. The van der Waals surface area contributed by atoms with Crippen molar-refractivity contribution in [3.63, 3.8) is 0 Å². The first-order valence-electron chi connectivity index (χ1n) is 6.71. The maximum atomic E-state index is 3.65. The van der Waals surface area contributed by atoms with Crippen LogP contribution in [0.3, 0.4) is 0 Å². The van der Waals surface area contributed by atoms with E-state index in [4.69, 9.17) is 0 Å². The van der Waals surface area contributed by atoms with Gasteiger partial charge in [0.2, 0.25) is 0 Å². The van der Waals surface area contributed by atoms with Crippen LogP contribution in [0.15, 0.2) is 0 Å². The second kappa shape index (κ2) is 4.84. The SMILES string of the molecule is CCC1CN(C2CCCC2C)C(C)CN1. The van der Waals surface area contributed by atoms with Gasteiger partial charge in [-0.2, -0.15) is 0 Å². The summed E-state index contributed by atoms with van der Waals surface area (Å²) in [6.07, 6.45) is 5.59. The Labute approximate surface area is 94.4 Å². The third-order valence-corrected chi connectivity index (χ3v) is 4.43. The molecular formula is C13H26N2. The summed E-state index contributed by atoms with van der Waals surface area (Å²) < 4.78 is 0. The molecule has 0 aromatic heterocycles. The van der Waals surface area contributed by atoms with E-state index in [1.54, 1.807) is 0 Å². The molecule has 4 unspecified atom stereocenters. The summed E-state index contributed by atoms with van der Waals surface area (Å²) in [5, 5.41) is 3.65. The van der Waals surface area contributed by atoms with Crippen molar-refractivity contribution in [1.29, 1.82) is 0 Å². The van der Waals surface area contributed by atoms with Crippen molar-refractivity contribution in [3.05, 3.63) is 0 Å². The average molecular weight is 210 g/mol. The number of nitrogens with zero attached hydrogens (tertiary/aromatic N) is 1. The van der Waals surface area contributed by atoms with Gasteiger partial charge in [-0.1, -0.05) is 20.3 Å². The van der Waals surface area contributed by atoms with Crippen LogP contribution in [0.1, 0.15) is 46.5 Å². The maximum Gasteiger partial charge on any atom is 0.0196 e. The van der Waals surface area contributed by atoms with Crippen LogP contribution in [-0.2, 0) is 0 Å².